The molecule has 4 rings (SSSR count). The first-order chi connectivity index (χ1) is 13.1. The van der Waals surface area contributed by atoms with Crippen LogP contribution in [0.25, 0.3) is 10.8 Å². The highest BCUT2D eigenvalue weighted by atomic mass is 16.4. The smallest absolute Gasteiger partial charge is 0.326 e. The zero-order chi connectivity index (χ0) is 19.0. The number of aryl methyl sites for hydroxylation is 1. The molecule has 0 radical (unpaired) electrons. The third-order valence-electron chi connectivity index (χ3n) is 5.64. The van der Waals surface area contributed by atoms with Gasteiger partial charge in [-0.2, -0.15) is 0 Å². The zero-order valence-electron chi connectivity index (χ0n) is 15.0. The van der Waals surface area contributed by atoms with Crippen molar-refractivity contribution in [2.75, 3.05) is 13.1 Å². The van der Waals surface area contributed by atoms with Gasteiger partial charge in [0.25, 0.3) is 0 Å². The molecule has 6 nitrogen and oxygen atoms in total. The number of aliphatic carboxylic acids is 1. The van der Waals surface area contributed by atoms with E-state index >= 15 is 0 Å². The lowest BCUT2D eigenvalue weighted by Crippen LogP contribution is -2.60. The summed E-state index contributed by atoms with van der Waals surface area (Å²) >= 11 is 0. The zero-order valence-corrected chi connectivity index (χ0v) is 15.0. The van der Waals surface area contributed by atoms with E-state index in [1.165, 1.54) is 21.2 Å². The summed E-state index contributed by atoms with van der Waals surface area (Å²) in [6, 6.07) is 13.0. The summed E-state index contributed by atoms with van der Waals surface area (Å²) in [6.07, 6.45) is 2.37. The third-order valence-corrected chi connectivity index (χ3v) is 5.64. The molecule has 2 heterocycles. The van der Waals surface area contributed by atoms with Crippen LogP contribution in [0.2, 0.25) is 0 Å². The minimum absolute atomic E-state index is 0.0192. The van der Waals surface area contributed by atoms with Gasteiger partial charge in [-0.05, 0) is 42.0 Å². The van der Waals surface area contributed by atoms with Crippen LogP contribution >= 0.6 is 0 Å². The van der Waals surface area contributed by atoms with E-state index in [0.29, 0.717) is 19.4 Å². The molecule has 0 aliphatic carbocycles. The average molecular weight is 366 g/mol. The Bertz CT molecular complexity index is 905. The quantitative estimate of drug-likeness (QED) is 0.879. The number of carboxylic acids is 1. The molecule has 2 amide bonds. The van der Waals surface area contributed by atoms with Crippen molar-refractivity contribution in [3.63, 3.8) is 0 Å². The van der Waals surface area contributed by atoms with Crippen LogP contribution in [0.3, 0.4) is 0 Å². The molecule has 2 aliphatic rings. The molecule has 0 spiro atoms. The van der Waals surface area contributed by atoms with Crippen molar-refractivity contribution < 1.29 is 19.5 Å². The Labute approximate surface area is 157 Å². The van der Waals surface area contributed by atoms with E-state index in [2.05, 4.69) is 24.3 Å². The summed E-state index contributed by atoms with van der Waals surface area (Å²) in [6.45, 7) is 0.491. The summed E-state index contributed by atoms with van der Waals surface area (Å²) in [5.74, 6) is -1.39. The minimum Gasteiger partial charge on any atom is -0.480 e. The molecule has 0 bridgehead atoms. The van der Waals surface area contributed by atoms with Crippen molar-refractivity contribution in [2.45, 2.75) is 37.8 Å². The van der Waals surface area contributed by atoms with Crippen LogP contribution < -0.4 is 0 Å². The SMILES string of the molecule is O=C(O)[C@@H]1CC[C@H]2C(=O)N(CCCc3cccc4ccccc34)CC(=O)N12. The highest BCUT2D eigenvalue weighted by molar-refractivity contribution is 5.98. The molecule has 2 atom stereocenters. The molecule has 0 unspecified atom stereocenters. The number of hydrogen-bond acceptors (Lipinski definition) is 3. The summed E-state index contributed by atoms with van der Waals surface area (Å²) in [7, 11) is 0. The van der Waals surface area contributed by atoms with E-state index in [1.54, 1.807) is 4.90 Å². The number of nitrogens with zero attached hydrogens (tertiary/aromatic N) is 2. The first-order valence-corrected chi connectivity index (χ1v) is 9.35. The monoisotopic (exact) mass is 366 g/mol. The lowest BCUT2D eigenvalue weighted by molar-refractivity contribution is -0.160. The lowest BCUT2D eigenvalue weighted by atomic mass is 10.0. The fourth-order valence-electron chi connectivity index (χ4n) is 4.34. The first kappa shape index (κ1) is 17.5. The molecule has 6 heteroatoms. The molecule has 1 N–H and O–H groups in total. The Kier molecular flexibility index (Phi) is 4.56. The number of piperazine rings is 1. The lowest BCUT2D eigenvalue weighted by Gasteiger charge is -2.38. The van der Waals surface area contributed by atoms with Crippen LogP contribution in [-0.4, -0.2) is 57.9 Å². The van der Waals surface area contributed by atoms with Gasteiger partial charge in [-0.15, -0.1) is 0 Å². The maximum absolute atomic E-state index is 12.7. The van der Waals surface area contributed by atoms with Gasteiger partial charge in [0.2, 0.25) is 11.8 Å². The molecule has 2 aromatic carbocycles. The molecule has 0 aromatic heterocycles. The number of hydrogen-bond donors (Lipinski definition) is 1. The predicted octanol–water partition coefficient (Wildman–Crippen LogP) is 2.06. The summed E-state index contributed by atoms with van der Waals surface area (Å²) < 4.78 is 0. The maximum Gasteiger partial charge on any atom is 0.326 e. The number of rotatable bonds is 5. The van der Waals surface area contributed by atoms with Crippen molar-refractivity contribution in [1.82, 2.24) is 9.80 Å². The molecule has 2 aliphatic heterocycles. The number of benzene rings is 2. The van der Waals surface area contributed by atoms with Gasteiger partial charge in [0, 0.05) is 6.54 Å². The average Bonchev–Trinajstić information content (AvgIpc) is 3.12. The number of amides is 2. The van der Waals surface area contributed by atoms with Crippen molar-refractivity contribution in [2.24, 2.45) is 0 Å². The minimum atomic E-state index is -1.02. The van der Waals surface area contributed by atoms with Crippen molar-refractivity contribution in [3.05, 3.63) is 48.0 Å². The molecule has 2 saturated heterocycles. The molecule has 140 valence electrons. The van der Waals surface area contributed by atoms with Crippen molar-refractivity contribution in [1.29, 1.82) is 0 Å². The van der Waals surface area contributed by atoms with Gasteiger partial charge < -0.3 is 14.9 Å². The Hall–Kier alpha value is -2.89. The maximum atomic E-state index is 12.7. The number of fused-ring (bicyclic) bond motifs is 2. The number of carboxylic acid groups (broad SMARTS) is 1. The molecular weight excluding hydrogens is 344 g/mol. The number of carbonyl (C=O) groups excluding carboxylic acids is 2. The molecule has 0 saturated carbocycles. The van der Waals surface area contributed by atoms with Crippen LogP contribution in [-0.2, 0) is 20.8 Å². The van der Waals surface area contributed by atoms with E-state index in [-0.39, 0.29) is 18.4 Å². The highest BCUT2D eigenvalue weighted by Gasteiger charge is 2.48. The van der Waals surface area contributed by atoms with Crippen molar-refractivity contribution in [3.8, 4) is 0 Å². The highest BCUT2D eigenvalue weighted by Crippen LogP contribution is 2.29. The van der Waals surface area contributed by atoms with Gasteiger partial charge in [0.1, 0.15) is 12.1 Å². The second kappa shape index (κ2) is 7.02. The Morgan fingerprint density at radius 1 is 1.07 bits per heavy atom. The van der Waals surface area contributed by atoms with Crippen LogP contribution in [0, 0.1) is 0 Å². The van der Waals surface area contributed by atoms with Crippen LogP contribution in [0.4, 0.5) is 0 Å². The van der Waals surface area contributed by atoms with Crippen molar-refractivity contribution >= 4 is 28.6 Å². The second-order valence-corrected chi connectivity index (χ2v) is 7.25. The standard InChI is InChI=1S/C21H22N2O4/c24-19-13-22(20(25)17-10-11-18(21(26)27)23(17)19)12-4-8-15-7-3-6-14-5-1-2-9-16(14)15/h1-3,5-7,9,17-18H,4,8,10-13H2,(H,26,27)/t17-,18-/m0/s1. The van der Waals surface area contributed by atoms with E-state index in [1.807, 2.05) is 18.2 Å². The van der Waals surface area contributed by atoms with E-state index in [9.17, 15) is 19.5 Å². The molecule has 2 fully saturated rings. The van der Waals surface area contributed by atoms with E-state index in [0.717, 1.165) is 12.8 Å². The molecule has 27 heavy (non-hydrogen) atoms. The molecule has 2 aromatic rings. The van der Waals surface area contributed by atoms with Crippen LogP contribution in [0.15, 0.2) is 42.5 Å². The van der Waals surface area contributed by atoms with Crippen LogP contribution in [0.5, 0.6) is 0 Å². The van der Waals surface area contributed by atoms with Crippen LogP contribution in [0.1, 0.15) is 24.8 Å². The third kappa shape index (κ3) is 3.16. The van der Waals surface area contributed by atoms with E-state index < -0.39 is 18.1 Å². The van der Waals surface area contributed by atoms with Gasteiger partial charge in [0.15, 0.2) is 0 Å². The van der Waals surface area contributed by atoms with Gasteiger partial charge in [0.05, 0.1) is 6.54 Å². The number of carbonyl (C=O) groups is 3. The predicted molar refractivity (Wildman–Crippen MR) is 100 cm³/mol. The molecular formula is C21H22N2O4. The van der Waals surface area contributed by atoms with E-state index in [4.69, 9.17) is 0 Å². The Balaban J connectivity index is 1.41. The largest absolute Gasteiger partial charge is 0.480 e. The summed E-state index contributed by atoms with van der Waals surface area (Å²) in [5, 5.41) is 11.7. The first-order valence-electron chi connectivity index (χ1n) is 9.35. The Morgan fingerprint density at radius 3 is 2.67 bits per heavy atom. The Morgan fingerprint density at radius 2 is 1.85 bits per heavy atom. The van der Waals surface area contributed by atoms with Gasteiger partial charge in [-0.25, -0.2) is 4.79 Å². The normalized spacial score (nSPS) is 22.4. The van der Waals surface area contributed by atoms with Gasteiger partial charge >= 0.3 is 5.97 Å². The second-order valence-electron chi connectivity index (χ2n) is 7.25. The summed E-state index contributed by atoms with van der Waals surface area (Å²) in [5.41, 5.74) is 1.23. The topological polar surface area (TPSA) is 77.9 Å². The van der Waals surface area contributed by atoms with Gasteiger partial charge in [-0.1, -0.05) is 42.5 Å². The fraction of sp³-hybridized carbons (Fsp3) is 0.381. The fourth-order valence-corrected chi connectivity index (χ4v) is 4.34. The van der Waals surface area contributed by atoms with Gasteiger partial charge in [-0.3, -0.25) is 9.59 Å². The summed E-state index contributed by atoms with van der Waals surface area (Å²) in [4.78, 5) is 39.3.